The highest BCUT2D eigenvalue weighted by Crippen LogP contribution is 2.27. The molecule has 104 valence electrons. The van der Waals surface area contributed by atoms with Crippen LogP contribution in [0.25, 0.3) is 0 Å². The molecule has 2 N–H and O–H groups in total. The van der Waals surface area contributed by atoms with Crippen LogP contribution in [0, 0.1) is 12.3 Å². The SMILES string of the molecule is Cc1ccccc1[C@H](C)NC(=O)C1(C)CCCNC1. The molecule has 1 aliphatic heterocycles. The normalized spacial score (nSPS) is 24.8. The molecule has 2 atom stereocenters. The Morgan fingerprint density at radius 1 is 1.42 bits per heavy atom. The quantitative estimate of drug-likeness (QED) is 0.877. The average Bonchev–Trinajstić information content (AvgIpc) is 2.40. The molecule has 1 amide bonds. The fourth-order valence-electron chi connectivity index (χ4n) is 2.77. The molecule has 1 aromatic carbocycles. The summed E-state index contributed by atoms with van der Waals surface area (Å²) in [5.74, 6) is 0.162. The summed E-state index contributed by atoms with van der Waals surface area (Å²) in [5, 5.41) is 6.49. The van der Waals surface area contributed by atoms with E-state index in [1.807, 2.05) is 12.1 Å². The lowest BCUT2D eigenvalue weighted by atomic mass is 9.81. The summed E-state index contributed by atoms with van der Waals surface area (Å²) < 4.78 is 0. The van der Waals surface area contributed by atoms with E-state index in [-0.39, 0.29) is 17.4 Å². The Kier molecular flexibility index (Phi) is 4.25. The molecule has 1 aromatic rings. The van der Waals surface area contributed by atoms with E-state index in [4.69, 9.17) is 0 Å². The van der Waals surface area contributed by atoms with Crippen molar-refractivity contribution in [2.45, 2.75) is 39.7 Å². The second-order valence-corrected chi connectivity index (χ2v) is 5.89. The summed E-state index contributed by atoms with van der Waals surface area (Å²) in [6, 6.07) is 8.28. The minimum Gasteiger partial charge on any atom is -0.349 e. The Morgan fingerprint density at radius 3 is 2.79 bits per heavy atom. The second-order valence-electron chi connectivity index (χ2n) is 5.89. The average molecular weight is 260 g/mol. The van der Waals surface area contributed by atoms with Gasteiger partial charge >= 0.3 is 0 Å². The topological polar surface area (TPSA) is 41.1 Å². The Bertz CT molecular complexity index is 450. The first-order chi connectivity index (χ1) is 9.03. The van der Waals surface area contributed by atoms with Gasteiger partial charge in [-0.05, 0) is 51.3 Å². The molecule has 1 aliphatic rings. The van der Waals surface area contributed by atoms with Crippen LogP contribution in [0.3, 0.4) is 0 Å². The predicted octanol–water partition coefficient (Wildman–Crippen LogP) is 2.56. The number of rotatable bonds is 3. The molecular weight excluding hydrogens is 236 g/mol. The molecule has 0 aromatic heterocycles. The van der Waals surface area contributed by atoms with E-state index in [0.29, 0.717) is 0 Å². The minimum absolute atomic E-state index is 0.0625. The monoisotopic (exact) mass is 260 g/mol. The van der Waals surface area contributed by atoms with Crippen LogP contribution in [0.5, 0.6) is 0 Å². The summed E-state index contributed by atoms with van der Waals surface area (Å²) in [6.45, 7) is 8.00. The van der Waals surface area contributed by atoms with Crippen LogP contribution in [-0.2, 0) is 4.79 Å². The molecule has 0 bridgehead atoms. The lowest BCUT2D eigenvalue weighted by Gasteiger charge is -2.34. The van der Waals surface area contributed by atoms with Crippen LogP contribution >= 0.6 is 0 Å². The Balaban J connectivity index is 2.04. The summed E-state index contributed by atoms with van der Waals surface area (Å²) in [4.78, 5) is 12.5. The zero-order valence-corrected chi connectivity index (χ0v) is 12.1. The van der Waals surface area contributed by atoms with Gasteiger partial charge < -0.3 is 10.6 Å². The van der Waals surface area contributed by atoms with E-state index in [0.717, 1.165) is 25.9 Å². The van der Waals surface area contributed by atoms with Crippen molar-refractivity contribution in [3.63, 3.8) is 0 Å². The van der Waals surface area contributed by atoms with Gasteiger partial charge in [0.25, 0.3) is 0 Å². The fourth-order valence-corrected chi connectivity index (χ4v) is 2.77. The molecule has 1 saturated heterocycles. The molecule has 0 aliphatic carbocycles. The van der Waals surface area contributed by atoms with Gasteiger partial charge in [-0.2, -0.15) is 0 Å². The van der Waals surface area contributed by atoms with Crippen LogP contribution in [0.1, 0.15) is 43.9 Å². The molecule has 3 heteroatoms. The van der Waals surface area contributed by atoms with E-state index in [2.05, 4.69) is 43.5 Å². The Labute approximate surface area is 115 Å². The fraction of sp³-hybridized carbons (Fsp3) is 0.562. The van der Waals surface area contributed by atoms with Crippen LogP contribution in [0.15, 0.2) is 24.3 Å². The van der Waals surface area contributed by atoms with Crippen LogP contribution in [0.2, 0.25) is 0 Å². The molecule has 1 unspecified atom stereocenters. The van der Waals surface area contributed by atoms with E-state index in [9.17, 15) is 4.79 Å². The molecule has 1 fully saturated rings. The largest absolute Gasteiger partial charge is 0.349 e. The number of piperidine rings is 1. The van der Waals surface area contributed by atoms with Crippen LogP contribution in [0.4, 0.5) is 0 Å². The van der Waals surface area contributed by atoms with Crippen molar-refractivity contribution in [2.75, 3.05) is 13.1 Å². The van der Waals surface area contributed by atoms with Gasteiger partial charge in [0.15, 0.2) is 0 Å². The van der Waals surface area contributed by atoms with E-state index < -0.39 is 0 Å². The van der Waals surface area contributed by atoms with Crippen molar-refractivity contribution < 1.29 is 4.79 Å². The number of amides is 1. The lowest BCUT2D eigenvalue weighted by molar-refractivity contribution is -0.131. The number of carbonyl (C=O) groups is 1. The van der Waals surface area contributed by atoms with Gasteiger partial charge in [-0.15, -0.1) is 0 Å². The highest BCUT2D eigenvalue weighted by atomic mass is 16.2. The van der Waals surface area contributed by atoms with Gasteiger partial charge in [0.2, 0.25) is 5.91 Å². The third-order valence-corrected chi connectivity index (χ3v) is 4.15. The molecule has 0 radical (unpaired) electrons. The molecule has 1 heterocycles. The number of benzene rings is 1. The van der Waals surface area contributed by atoms with Gasteiger partial charge in [0.05, 0.1) is 11.5 Å². The number of nitrogens with one attached hydrogen (secondary N) is 2. The van der Waals surface area contributed by atoms with Crippen molar-refractivity contribution in [1.29, 1.82) is 0 Å². The van der Waals surface area contributed by atoms with E-state index in [1.54, 1.807) is 0 Å². The summed E-state index contributed by atoms with van der Waals surface area (Å²) >= 11 is 0. The Hall–Kier alpha value is -1.35. The van der Waals surface area contributed by atoms with Crippen molar-refractivity contribution in [1.82, 2.24) is 10.6 Å². The van der Waals surface area contributed by atoms with E-state index in [1.165, 1.54) is 11.1 Å². The van der Waals surface area contributed by atoms with Crippen molar-refractivity contribution in [3.8, 4) is 0 Å². The zero-order chi connectivity index (χ0) is 13.9. The first kappa shape index (κ1) is 14.1. The first-order valence-corrected chi connectivity index (χ1v) is 7.10. The van der Waals surface area contributed by atoms with Gasteiger partial charge in [0, 0.05) is 6.54 Å². The lowest BCUT2D eigenvalue weighted by Crippen LogP contribution is -2.49. The Morgan fingerprint density at radius 2 is 2.16 bits per heavy atom. The predicted molar refractivity (Wildman–Crippen MR) is 77.9 cm³/mol. The third-order valence-electron chi connectivity index (χ3n) is 4.15. The number of hydrogen-bond donors (Lipinski definition) is 2. The summed E-state index contributed by atoms with van der Waals surface area (Å²) in [7, 11) is 0. The minimum atomic E-state index is -0.269. The summed E-state index contributed by atoms with van der Waals surface area (Å²) in [5.41, 5.74) is 2.15. The highest BCUT2D eigenvalue weighted by molar-refractivity contribution is 5.83. The second kappa shape index (κ2) is 5.74. The number of aryl methyl sites for hydroxylation is 1. The maximum atomic E-state index is 12.5. The highest BCUT2D eigenvalue weighted by Gasteiger charge is 2.35. The molecular formula is C16H24N2O. The van der Waals surface area contributed by atoms with Gasteiger partial charge in [-0.3, -0.25) is 4.79 Å². The van der Waals surface area contributed by atoms with Crippen molar-refractivity contribution in [2.24, 2.45) is 5.41 Å². The number of hydrogen-bond acceptors (Lipinski definition) is 2. The number of carbonyl (C=O) groups excluding carboxylic acids is 1. The summed E-state index contributed by atoms with van der Waals surface area (Å²) in [6.07, 6.45) is 2.04. The van der Waals surface area contributed by atoms with E-state index >= 15 is 0 Å². The standard InChI is InChI=1S/C16H24N2O/c1-12-7-4-5-8-14(12)13(2)18-15(19)16(3)9-6-10-17-11-16/h4-5,7-8,13,17H,6,9-11H2,1-3H3,(H,18,19)/t13-,16?/m0/s1. The third kappa shape index (κ3) is 3.16. The van der Waals surface area contributed by atoms with Gasteiger partial charge in [-0.1, -0.05) is 24.3 Å². The van der Waals surface area contributed by atoms with Crippen LogP contribution in [-0.4, -0.2) is 19.0 Å². The van der Waals surface area contributed by atoms with Crippen molar-refractivity contribution in [3.05, 3.63) is 35.4 Å². The maximum absolute atomic E-state index is 12.5. The van der Waals surface area contributed by atoms with Crippen LogP contribution < -0.4 is 10.6 Å². The molecule has 2 rings (SSSR count). The van der Waals surface area contributed by atoms with Gasteiger partial charge in [0.1, 0.15) is 0 Å². The molecule has 3 nitrogen and oxygen atoms in total. The molecule has 0 spiro atoms. The van der Waals surface area contributed by atoms with Crippen molar-refractivity contribution >= 4 is 5.91 Å². The smallest absolute Gasteiger partial charge is 0.227 e. The van der Waals surface area contributed by atoms with Gasteiger partial charge in [-0.25, -0.2) is 0 Å². The zero-order valence-electron chi connectivity index (χ0n) is 12.1. The molecule has 19 heavy (non-hydrogen) atoms. The first-order valence-electron chi connectivity index (χ1n) is 7.10. The maximum Gasteiger partial charge on any atom is 0.227 e. The molecule has 0 saturated carbocycles.